The Bertz CT molecular complexity index is 607. The minimum Gasteiger partial charge on any atom is -0.352 e. The van der Waals surface area contributed by atoms with Crippen LogP contribution in [0.5, 0.6) is 0 Å². The highest BCUT2D eigenvalue weighted by molar-refractivity contribution is 9.10. The number of aryl methyl sites for hydroxylation is 1. The Balaban J connectivity index is 1.87. The molecule has 1 aromatic carbocycles. The maximum absolute atomic E-state index is 12.6. The van der Waals surface area contributed by atoms with Crippen LogP contribution in [0.25, 0.3) is 0 Å². The van der Waals surface area contributed by atoms with Crippen molar-refractivity contribution in [3.63, 3.8) is 0 Å². The van der Waals surface area contributed by atoms with Gasteiger partial charge in [0.15, 0.2) is 0 Å². The summed E-state index contributed by atoms with van der Waals surface area (Å²) in [5.74, 6) is 0.0473. The average Bonchev–Trinajstić information content (AvgIpc) is 3.02. The van der Waals surface area contributed by atoms with Gasteiger partial charge in [0, 0.05) is 22.5 Å². The molecule has 2 unspecified atom stereocenters. The molecule has 0 aromatic heterocycles. The van der Waals surface area contributed by atoms with E-state index in [-0.39, 0.29) is 23.9 Å². The molecule has 1 heterocycles. The molecule has 1 aliphatic heterocycles. The third-order valence-electron chi connectivity index (χ3n) is 4.63. The molecular weight excluding hydrogens is 380 g/mol. The lowest BCUT2D eigenvalue weighted by Crippen LogP contribution is -2.50. The van der Waals surface area contributed by atoms with E-state index in [4.69, 9.17) is 0 Å². The lowest BCUT2D eigenvalue weighted by Gasteiger charge is -2.31. The van der Waals surface area contributed by atoms with Gasteiger partial charge in [0.2, 0.25) is 11.8 Å². The number of rotatable bonds is 5. The molecule has 1 fully saturated rings. The van der Waals surface area contributed by atoms with Crippen LogP contribution in [-0.4, -0.2) is 35.3 Å². The van der Waals surface area contributed by atoms with Crippen molar-refractivity contribution in [3.8, 4) is 0 Å². The van der Waals surface area contributed by atoms with Crippen molar-refractivity contribution >= 4 is 27.7 Å². The summed E-state index contributed by atoms with van der Waals surface area (Å²) >= 11 is 3.44. The van der Waals surface area contributed by atoms with Crippen molar-refractivity contribution in [2.45, 2.75) is 65.5 Å². The smallest absolute Gasteiger partial charge is 0.243 e. The summed E-state index contributed by atoms with van der Waals surface area (Å²) < 4.78 is 1.07. The quantitative estimate of drug-likeness (QED) is 0.802. The molecular formula is C20H29BrN2O2. The molecule has 1 N–H and O–H groups in total. The van der Waals surface area contributed by atoms with Crippen LogP contribution in [0.4, 0.5) is 0 Å². The number of hydrogen-bond donors (Lipinski definition) is 1. The summed E-state index contributed by atoms with van der Waals surface area (Å²) in [5.41, 5.74) is 0.811. The highest BCUT2D eigenvalue weighted by atomic mass is 79.9. The summed E-state index contributed by atoms with van der Waals surface area (Å²) in [6.45, 7) is 8.43. The van der Waals surface area contributed by atoms with Crippen LogP contribution >= 0.6 is 15.9 Å². The van der Waals surface area contributed by atoms with Crippen LogP contribution in [0.15, 0.2) is 28.7 Å². The summed E-state index contributed by atoms with van der Waals surface area (Å²) in [4.78, 5) is 27.0. The molecule has 0 spiro atoms. The predicted molar refractivity (Wildman–Crippen MR) is 104 cm³/mol. The first-order chi connectivity index (χ1) is 11.7. The highest BCUT2D eigenvalue weighted by Crippen LogP contribution is 2.25. The molecule has 5 heteroatoms. The van der Waals surface area contributed by atoms with Gasteiger partial charge in [0.25, 0.3) is 0 Å². The van der Waals surface area contributed by atoms with Gasteiger partial charge in [-0.2, -0.15) is 0 Å². The monoisotopic (exact) mass is 408 g/mol. The lowest BCUT2D eigenvalue weighted by molar-refractivity contribution is -0.144. The van der Waals surface area contributed by atoms with Crippen molar-refractivity contribution in [3.05, 3.63) is 34.3 Å². The van der Waals surface area contributed by atoms with Gasteiger partial charge in [0.1, 0.15) is 6.04 Å². The molecule has 25 heavy (non-hydrogen) atoms. The fraction of sp³-hybridized carbons (Fsp3) is 0.600. The first kappa shape index (κ1) is 20.0. The van der Waals surface area contributed by atoms with Gasteiger partial charge in [-0.25, -0.2) is 0 Å². The zero-order valence-corrected chi connectivity index (χ0v) is 17.2. The normalized spacial score (nSPS) is 18.9. The minimum atomic E-state index is -0.448. The van der Waals surface area contributed by atoms with E-state index in [0.717, 1.165) is 30.2 Å². The van der Waals surface area contributed by atoms with Crippen LogP contribution in [0.3, 0.4) is 0 Å². The Labute approximate surface area is 159 Å². The first-order valence-corrected chi connectivity index (χ1v) is 9.83. The fourth-order valence-corrected chi connectivity index (χ4v) is 3.42. The van der Waals surface area contributed by atoms with Crippen LogP contribution in [0.1, 0.15) is 52.5 Å². The van der Waals surface area contributed by atoms with Gasteiger partial charge in [-0.15, -0.1) is 0 Å². The molecule has 0 saturated carbocycles. The summed E-state index contributed by atoms with van der Waals surface area (Å²) in [6.07, 6.45) is 3.46. The lowest BCUT2D eigenvalue weighted by atomic mass is 9.94. The molecule has 2 amide bonds. The van der Waals surface area contributed by atoms with Crippen LogP contribution < -0.4 is 5.32 Å². The Morgan fingerprint density at radius 1 is 1.28 bits per heavy atom. The van der Waals surface area contributed by atoms with Gasteiger partial charge in [-0.1, -0.05) is 48.8 Å². The molecule has 2 rings (SSSR count). The molecule has 1 saturated heterocycles. The largest absolute Gasteiger partial charge is 0.352 e. The summed E-state index contributed by atoms with van der Waals surface area (Å²) in [6, 6.07) is 8.03. The van der Waals surface area contributed by atoms with Gasteiger partial charge >= 0.3 is 0 Å². The second-order valence-electron chi connectivity index (χ2n) is 7.98. The molecule has 4 nitrogen and oxygen atoms in total. The van der Waals surface area contributed by atoms with Crippen LogP contribution in [0.2, 0.25) is 0 Å². The van der Waals surface area contributed by atoms with E-state index in [2.05, 4.69) is 33.4 Å². The number of benzene rings is 1. The van der Waals surface area contributed by atoms with Gasteiger partial charge < -0.3 is 10.2 Å². The van der Waals surface area contributed by atoms with Crippen LogP contribution in [-0.2, 0) is 16.0 Å². The minimum absolute atomic E-state index is 0.0154. The number of likely N-dealkylation sites (tertiary alicyclic amines) is 1. The maximum Gasteiger partial charge on any atom is 0.243 e. The molecule has 0 radical (unpaired) electrons. The summed E-state index contributed by atoms with van der Waals surface area (Å²) in [5, 5.41) is 3.10. The number of nitrogens with one attached hydrogen (secondary N) is 1. The zero-order chi connectivity index (χ0) is 18.6. The van der Waals surface area contributed by atoms with Crippen molar-refractivity contribution < 1.29 is 9.59 Å². The third kappa shape index (κ3) is 5.56. The molecule has 2 atom stereocenters. The zero-order valence-electron chi connectivity index (χ0n) is 15.6. The van der Waals surface area contributed by atoms with Gasteiger partial charge in [0.05, 0.1) is 0 Å². The average molecular weight is 409 g/mol. The van der Waals surface area contributed by atoms with Crippen molar-refractivity contribution in [1.29, 1.82) is 0 Å². The Kier molecular flexibility index (Phi) is 6.66. The van der Waals surface area contributed by atoms with E-state index >= 15 is 0 Å². The third-order valence-corrected chi connectivity index (χ3v) is 5.15. The molecule has 0 bridgehead atoms. The van der Waals surface area contributed by atoms with E-state index in [1.807, 2.05) is 39.8 Å². The number of amides is 2. The predicted octanol–water partition coefficient (Wildman–Crippen LogP) is 3.92. The Morgan fingerprint density at radius 2 is 1.92 bits per heavy atom. The Morgan fingerprint density at radius 3 is 2.52 bits per heavy atom. The second kappa shape index (κ2) is 8.35. The number of carbonyl (C=O) groups is 2. The van der Waals surface area contributed by atoms with Crippen LogP contribution in [0, 0.1) is 5.41 Å². The second-order valence-corrected chi connectivity index (χ2v) is 8.90. The topological polar surface area (TPSA) is 49.4 Å². The highest BCUT2D eigenvalue weighted by Gasteiger charge is 2.38. The van der Waals surface area contributed by atoms with Gasteiger partial charge in [-0.05, 0) is 50.3 Å². The van der Waals surface area contributed by atoms with E-state index in [9.17, 15) is 9.59 Å². The molecule has 0 aliphatic carbocycles. The summed E-state index contributed by atoms with van der Waals surface area (Å²) in [7, 11) is 0. The molecule has 1 aromatic rings. The van der Waals surface area contributed by atoms with E-state index < -0.39 is 5.41 Å². The number of nitrogens with zero attached hydrogens (tertiary/aromatic N) is 1. The van der Waals surface area contributed by atoms with E-state index in [0.29, 0.717) is 6.54 Å². The Hall–Kier alpha value is -1.36. The number of halogens is 1. The first-order valence-electron chi connectivity index (χ1n) is 9.04. The number of hydrogen-bond acceptors (Lipinski definition) is 2. The van der Waals surface area contributed by atoms with Crippen molar-refractivity contribution in [2.24, 2.45) is 5.41 Å². The SMILES string of the molecule is CC(CCc1ccc(Br)cc1)NC(=O)C1CCCN1C(=O)C(C)(C)C. The van der Waals surface area contributed by atoms with Gasteiger partial charge in [-0.3, -0.25) is 9.59 Å². The maximum atomic E-state index is 12.6. The fourth-order valence-electron chi connectivity index (χ4n) is 3.16. The standard InChI is InChI=1S/C20H29BrN2O2/c1-14(7-8-15-9-11-16(21)12-10-15)22-18(24)17-6-5-13-23(17)19(25)20(2,3)4/h9-12,14,17H,5-8,13H2,1-4H3,(H,22,24). The van der Waals surface area contributed by atoms with Crippen molar-refractivity contribution in [2.75, 3.05) is 6.54 Å². The molecule has 138 valence electrons. The number of carbonyl (C=O) groups excluding carboxylic acids is 2. The van der Waals surface area contributed by atoms with E-state index in [1.165, 1.54) is 5.56 Å². The molecule has 1 aliphatic rings. The van der Waals surface area contributed by atoms with Crippen molar-refractivity contribution in [1.82, 2.24) is 10.2 Å². The van der Waals surface area contributed by atoms with E-state index in [1.54, 1.807) is 4.90 Å².